The number of halogens is 2. The number of guanidine groups is 1. The van der Waals surface area contributed by atoms with Gasteiger partial charge >= 0.3 is 169 Å². The van der Waals surface area contributed by atoms with E-state index >= 15 is 0 Å². The van der Waals surface area contributed by atoms with Gasteiger partial charge in [0.25, 0.3) is 0 Å². The summed E-state index contributed by atoms with van der Waals surface area (Å²) in [4.78, 5) is 19.1. The summed E-state index contributed by atoms with van der Waals surface area (Å²) in [6.07, 6.45) is 1.12. The number of hydrogen-bond acceptors (Lipinski definition) is 4. The van der Waals surface area contributed by atoms with Crippen molar-refractivity contribution in [1.29, 1.82) is 0 Å². The Morgan fingerprint density at radius 2 is 1.93 bits per heavy atom. The van der Waals surface area contributed by atoms with Gasteiger partial charge < -0.3 is 0 Å². The molecule has 8 heteroatoms. The summed E-state index contributed by atoms with van der Waals surface area (Å²) in [5, 5.41) is 1.16. The maximum atomic E-state index is 13.2. The van der Waals surface area contributed by atoms with Crippen molar-refractivity contribution in [2.45, 2.75) is 30.7 Å². The second-order valence-electron chi connectivity index (χ2n) is 6.46. The van der Waals surface area contributed by atoms with E-state index in [-0.39, 0.29) is 33.4 Å². The van der Waals surface area contributed by atoms with Crippen LogP contribution in [0, 0.1) is 0 Å². The van der Waals surface area contributed by atoms with Crippen LogP contribution < -0.4 is 14.8 Å². The van der Waals surface area contributed by atoms with Crippen LogP contribution in [0.5, 0.6) is 5.75 Å². The summed E-state index contributed by atoms with van der Waals surface area (Å²) in [5.41, 5.74) is 5.93. The molecule has 2 aromatic rings. The number of alkyl halides is 2. The van der Waals surface area contributed by atoms with Crippen LogP contribution in [0.2, 0.25) is 5.21 Å². The third-order valence-corrected chi connectivity index (χ3v) is 7.68. The first kappa shape index (κ1) is 20.3. The number of likely N-dealkylation sites (N-methyl/N-ethyl adjacent to an activating group) is 1. The van der Waals surface area contributed by atoms with Gasteiger partial charge in [-0.25, -0.2) is 0 Å². The number of nitrogens with zero attached hydrogens (tertiary/aromatic N) is 2. The zero-order valence-corrected chi connectivity index (χ0v) is 17.8. The van der Waals surface area contributed by atoms with Crippen molar-refractivity contribution in [1.82, 2.24) is 4.90 Å². The number of carbonyl (C=O) groups is 1. The molecule has 2 atom stereocenters. The molecular weight excluding hydrogens is 427 g/mol. The molecule has 2 aromatic carbocycles. The molecule has 0 aromatic heterocycles. The molecule has 0 aliphatic carbocycles. The molecule has 1 amide bonds. The van der Waals surface area contributed by atoms with Gasteiger partial charge in [-0.3, -0.25) is 0 Å². The molecule has 5 nitrogen and oxygen atoms in total. The monoisotopic (exact) mass is 449 g/mol. The van der Waals surface area contributed by atoms with Gasteiger partial charge in [-0.15, -0.1) is 0 Å². The maximum absolute atomic E-state index is 13.2. The summed E-state index contributed by atoms with van der Waals surface area (Å²) in [5.74, 6) is -0.138. The second-order valence-corrected chi connectivity index (χ2v) is 9.46. The van der Waals surface area contributed by atoms with Crippen LogP contribution in [0.1, 0.15) is 24.5 Å². The number of rotatable bonds is 7. The van der Waals surface area contributed by atoms with Crippen molar-refractivity contribution in [3.63, 3.8) is 0 Å². The average molecular weight is 449 g/mol. The van der Waals surface area contributed by atoms with E-state index in [4.69, 9.17) is 5.73 Å². The number of carbonyl (C=O) groups excluding carboxylic acids is 1. The molecule has 0 fully saturated rings. The van der Waals surface area contributed by atoms with Gasteiger partial charge in [-0.05, 0) is 0 Å². The fraction of sp³-hybridized carbons (Fsp3) is 0.300. The Morgan fingerprint density at radius 3 is 2.50 bits per heavy atom. The molecule has 3 rings (SSSR count). The SMILES string of the molecule is CCC[AsH]c1cccc(C2(c3ccc(OC(F)F)cc3)N=C(N)N(C)C2=O)c1. The molecule has 1 aliphatic rings. The minimum absolute atomic E-state index is 0.0213. The van der Waals surface area contributed by atoms with Gasteiger partial charge in [-0.2, -0.15) is 0 Å². The van der Waals surface area contributed by atoms with Crippen LogP contribution in [0.25, 0.3) is 0 Å². The van der Waals surface area contributed by atoms with Gasteiger partial charge in [-0.1, -0.05) is 0 Å². The summed E-state index contributed by atoms with van der Waals surface area (Å²) in [6, 6.07) is 13.9. The van der Waals surface area contributed by atoms with Gasteiger partial charge in [0, 0.05) is 0 Å². The molecule has 0 saturated carbocycles. The molecular formula is C20H22AsF2N3O2. The molecule has 1 heterocycles. The van der Waals surface area contributed by atoms with Crippen molar-refractivity contribution in [2.24, 2.45) is 10.7 Å². The van der Waals surface area contributed by atoms with Gasteiger partial charge in [0.2, 0.25) is 0 Å². The van der Waals surface area contributed by atoms with E-state index in [0.717, 1.165) is 17.2 Å². The van der Waals surface area contributed by atoms with E-state index in [9.17, 15) is 13.6 Å². The van der Waals surface area contributed by atoms with Crippen LogP contribution in [-0.2, 0) is 10.3 Å². The summed E-state index contributed by atoms with van der Waals surface area (Å²) >= 11 is -0.303. The molecule has 0 bridgehead atoms. The fourth-order valence-corrected chi connectivity index (χ4v) is 5.30. The van der Waals surface area contributed by atoms with E-state index in [0.29, 0.717) is 5.56 Å². The Balaban J connectivity index is 2.09. The molecule has 0 radical (unpaired) electrons. The minimum atomic E-state index is -2.91. The quantitative estimate of drug-likeness (QED) is 0.660. The van der Waals surface area contributed by atoms with Crippen LogP contribution in [0.4, 0.5) is 8.78 Å². The van der Waals surface area contributed by atoms with Gasteiger partial charge in [0.1, 0.15) is 0 Å². The molecule has 148 valence electrons. The van der Waals surface area contributed by atoms with E-state index in [1.807, 2.05) is 18.2 Å². The molecule has 2 N–H and O–H groups in total. The molecule has 28 heavy (non-hydrogen) atoms. The van der Waals surface area contributed by atoms with Crippen LogP contribution in [0.3, 0.4) is 0 Å². The van der Waals surface area contributed by atoms with Crippen molar-refractivity contribution >= 4 is 32.0 Å². The number of hydrogen-bond donors (Lipinski definition) is 1. The number of amides is 1. The molecule has 1 aliphatic heterocycles. The molecule has 0 spiro atoms. The predicted molar refractivity (Wildman–Crippen MR) is 107 cm³/mol. The Labute approximate surface area is 169 Å². The first-order valence-electron chi connectivity index (χ1n) is 8.91. The average Bonchev–Trinajstić information content (AvgIpc) is 2.92. The number of ether oxygens (including phenoxy) is 1. The van der Waals surface area contributed by atoms with Crippen molar-refractivity contribution in [2.75, 3.05) is 7.05 Å². The zero-order chi connectivity index (χ0) is 20.3. The van der Waals surface area contributed by atoms with Gasteiger partial charge in [0.15, 0.2) is 0 Å². The Kier molecular flexibility index (Phi) is 6.04. The van der Waals surface area contributed by atoms with Crippen LogP contribution in [-0.4, -0.2) is 46.2 Å². The first-order valence-corrected chi connectivity index (χ1v) is 11.4. The third kappa shape index (κ3) is 3.76. The van der Waals surface area contributed by atoms with E-state index in [1.54, 1.807) is 19.2 Å². The second kappa shape index (κ2) is 8.31. The zero-order valence-electron chi connectivity index (χ0n) is 15.7. The fourth-order valence-electron chi connectivity index (χ4n) is 3.19. The normalized spacial score (nSPS) is 19.7. The van der Waals surface area contributed by atoms with E-state index in [1.165, 1.54) is 21.4 Å². The van der Waals surface area contributed by atoms with E-state index in [2.05, 4.69) is 22.7 Å². The summed E-state index contributed by atoms with van der Waals surface area (Å²) in [6.45, 7) is -0.759. The third-order valence-electron chi connectivity index (χ3n) is 4.60. The summed E-state index contributed by atoms with van der Waals surface area (Å²) < 4.78 is 30.6. The van der Waals surface area contributed by atoms with Gasteiger partial charge in [0.05, 0.1) is 0 Å². The molecule has 0 saturated heterocycles. The number of aliphatic imine (C=N–C) groups is 1. The topological polar surface area (TPSA) is 67.9 Å². The van der Waals surface area contributed by atoms with Crippen LogP contribution >= 0.6 is 0 Å². The van der Waals surface area contributed by atoms with Crippen molar-refractivity contribution < 1.29 is 18.3 Å². The van der Waals surface area contributed by atoms with Crippen molar-refractivity contribution in [3.8, 4) is 5.75 Å². The number of benzene rings is 2. The first-order chi connectivity index (χ1) is 13.4. The Hall–Kier alpha value is -2.40. The summed E-state index contributed by atoms with van der Waals surface area (Å²) in [7, 11) is 1.58. The Bertz CT molecular complexity index is 889. The standard InChI is InChI=1S/C20H22AsF2N3O2/c1-3-11-21-15-6-4-5-14(12-15)20(17(27)26(2)19(24)25-20)13-7-9-16(10-8-13)28-18(22)23/h4-10,12,18,21H,3,11H2,1-2H3,(H2,24,25). The van der Waals surface area contributed by atoms with Crippen molar-refractivity contribution in [3.05, 3.63) is 59.7 Å². The predicted octanol–water partition coefficient (Wildman–Crippen LogP) is 2.21. The number of nitrogens with two attached hydrogens (primary N) is 1. The van der Waals surface area contributed by atoms with Crippen LogP contribution in [0.15, 0.2) is 53.5 Å². The Morgan fingerprint density at radius 1 is 1.21 bits per heavy atom. The van der Waals surface area contributed by atoms with E-state index < -0.39 is 12.2 Å². The molecule has 2 unspecified atom stereocenters.